The second-order valence-corrected chi connectivity index (χ2v) is 7.06. The van der Waals surface area contributed by atoms with Gasteiger partial charge in [0.05, 0.1) is 0 Å². The van der Waals surface area contributed by atoms with Gasteiger partial charge in [0.2, 0.25) is 5.91 Å². The van der Waals surface area contributed by atoms with Gasteiger partial charge in [0.15, 0.2) is 5.84 Å². The zero-order valence-corrected chi connectivity index (χ0v) is 14.3. The van der Waals surface area contributed by atoms with Crippen molar-refractivity contribution < 1.29 is 14.2 Å². The predicted molar refractivity (Wildman–Crippen MR) is 86.8 cm³/mol. The Morgan fingerprint density at radius 1 is 1.38 bits per heavy atom. The summed E-state index contributed by atoms with van der Waals surface area (Å²) in [6, 6.07) is -0.0963. The first-order valence-corrected chi connectivity index (χ1v) is 9.15. The summed E-state index contributed by atoms with van der Waals surface area (Å²) in [6.45, 7) is 5.80. The Kier molecular flexibility index (Phi) is 9.24. The molecule has 1 amide bonds. The summed E-state index contributed by atoms with van der Waals surface area (Å²) < 4.78 is 11.1. The van der Waals surface area contributed by atoms with E-state index in [4.69, 9.17) is 10.9 Å². The molecule has 2 unspecified atom stereocenters. The number of hydrogen-bond donors (Lipinski definition) is 3. The van der Waals surface area contributed by atoms with Gasteiger partial charge in [-0.15, -0.1) is 0 Å². The van der Waals surface area contributed by atoms with Gasteiger partial charge in [0, 0.05) is 28.9 Å². The summed E-state index contributed by atoms with van der Waals surface area (Å²) in [5.74, 6) is 0.297. The number of rotatable bonds is 10. The van der Waals surface area contributed by atoms with Crippen LogP contribution in [-0.2, 0) is 15.6 Å². The first-order valence-electron chi connectivity index (χ1n) is 7.43. The highest BCUT2D eigenvalue weighted by atomic mass is 32.2. The molecule has 0 saturated heterocycles. The molecular weight excluding hydrogens is 290 g/mol. The number of hydrogen-bond acceptors (Lipinski definition) is 4. The van der Waals surface area contributed by atoms with Crippen molar-refractivity contribution in [1.29, 1.82) is 0 Å². The Bertz CT molecular complexity index is 380. The maximum absolute atomic E-state index is 12.6. The third-order valence-electron chi connectivity index (χ3n) is 3.60. The van der Waals surface area contributed by atoms with Crippen molar-refractivity contribution in [3.05, 3.63) is 0 Å². The second kappa shape index (κ2) is 9.76. The Labute approximate surface area is 130 Å². The quantitative estimate of drug-likeness (QED) is 0.246. The molecule has 0 bridgehead atoms. The van der Waals surface area contributed by atoms with Gasteiger partial charge in [0.1, 0.15) is 5.41 Å². The molecule has 124 valence electrons. The lowest BCUT2D eigenvalue weighted by Gasteiger charge is -2.32. The first kappa shape index (κ1) is 19.9. The van der Waals surface area contributed by atoms with Crippen LogP contribution in [0, 0.1) is 5.41 Å². The van der Waals surface area contributed by atoms with Crippen LogP contribution in [0.25, 0.3) is 0 Å². The summed E-state index contributed by atoms with van der Waals surface area (Å²) in [6.07, 6.45) is 4.88. The molecule has 0 aliphatic rings. The fourth-order valence-corrected chi connectivity index (χ4v) is 3.14. The molecule has 0 radical (unpaired) electrons. The topological polar surface area (TPSA) is 105 Å². The van der Waals surface area contributed by atoms with Crippen LogP contribution in [0.3, 0.4) is 0 Å². The minimum atomic E-state index is -0.960. The number of oxime groups is 1. The van der Waals surface area contributed by atoms with Crippen LogP contribution in [0.15, 0.2) is 5.16 Å². The fraction of sp³-hybridized carbons (Fsp3) is 0.857. The number of amidine groups is 1. The van der Waals surface area contributed by atoms with Gasteiger partial charge < -0.3 is 16.3 Å². The molecule has 0 aliphatic heterocycles. The van der Waals surface area contributed by atoms with Crippen molar-refractivity contribution in [2.24, 2.45) is 16.3 Å². The minimum absolute atomic E-state index is 0.0324. The number of nitrogens with zero attached hydrogens (tertiary/aromatic N) is 1. The Hall–Kier alpha value is -1.11. The zero-order valence-electron chi connectivity index (χ0n) is 13.5. The highest BCUT2D eigenvalue weighted by Gasteiger charge is 2.41. The summed E-state index contributed by atoms with van der Waals surface area (Å²) in [5.41, 5.74) is 4.85. The Morgan fingerprint density at radius 2 is 1.90 bits per heavy atom. The van der Waals surface area contributed by atoms with Crippen LogP contribution < -0.4 is 11.1 Å². The minimum Gasteiger partial charge on any atom is -0.409 e. The van der Waals surface area contributed by atoms with Crippen molar-refractivity contribution >= 4 is 22.5 Å². The van der Waals surface area contributed by atoms with Crippen molar-refractivity contribution in [2.45, 2.75) is 58.9 Å². The molecule has 0 heterocycles. The normalized spacial score (nSPS) is 15.5. The van der Waals surface area contributed by atoms with E-state index in [-0.39, 0.29) is 17.8 Å². The smallest absolute Gasteiger partial charge is 0.234 e. The molecule has 0 fully saturated rings. The molecule has 0 saturated carbocycles. The fourth-order valence-electron chi connectivity index (χ4n) is 2.45. The molecule has 0 aromatic heterocycles. The molecule has 21 heavy (non-hydrogen) atoms. The number of nitrogens with one attached hydrogen (secondary N) is 1. The monoisotopic (exact) mass is 319 g/mol. The lowest BCUT2D eigenvalue weighted by atomic mass is 9.77. The average Bonchev–Trinajstić information content (AvgIpc) is 2.43. The zero-order chi connectivity index (χ0) is 16.5. The van der Waals surface area contributed by atoms with E-state index in [2.05, 4.69) is 10.5 Å². The van der Waals surface area contributed by atoms with Crippen molar-refractivity contribution in [1.82, 2.24) is 5.32 Å². The molecule has 0 aliphatic carbocycles. The summed E-state index contributed by atoms with van der Waals surface area (Å²) in [4.78, 5) is 12.6. The van der Waals surface area contributed by atoms with Gasteiger partial charge in [-0.1, -0.05) is 31.8 Å². The van der Waals surface area contributed by atoms with Crippen LogP contribution >= 0.6 is 0 Å². The van der Waals surface area contributed by atoms with Gasteiger partial charge in [-0.25, -0.2) is 0 Å². The van der Waals surface area contributed by atoms with Crippen LogP contribution in [0.4, 0.5) is 0 Å². The summed E-state index contributed by atoms with van der Waals surface area (Å²) >= 11 is 0. The molecule has 6 nitrogen and oxygen atoms in total. The van der Waals surface area contributed by atoms with Crippen molar-refractivity contribution in [3.8, 4) is 0 Å². The van der Waals surface area contributed by atoms with E-state index in [1.165, 1.54) is 0 Å². The van der Waals surface area contributed by atoms with E-state index in [0.717, 1.165) is 12.8 Å². The van der Waals surface area contributed by atoms with Gasteiger partial charge in [0.25, 0.3) is 0 Å². The van der Waals surface area contributed by atoms with Crippen molar-refractivity contribution in [3.63, 3.8) is 0 Å². The maximum atomic E-state index is 12.6. The van der Waals surface area contributed by atoms with E-state index in [9.17, 15) is 9.00 Å². The average molecular weight is 319 g/mol. The molecule has 7 heteroatoms. The largest absolute Gasteiger partial charge is 0.409 e. The van der Waals surface area contributed by atoms with Crippen molar-refractivity contribution in [2.75, 3.05) is 12.0 Å². The molecule has 4 N–H and O–H groups in total. The van der Waals surface area contributed by atoms with E-state index in [1.807, 2.05) is 20.8 Å². The predicted octanol–water partition coefficient (Wildman–Crippen LogP) is 1.59. The van der Waals surface area contributed by atoms with Gasteiger partial charge >= 0.3 is 0 Å². The standard InChI is InChI=1S/C14H29N3O3S/c1-5-8-14(9-6-2,12(15)17-19)13(18)16-11(3)7-10-21(4)20/h11,19H,5-10H2,1-4H3,(H2,15,17)(H,16,18). The molecular formula is C14H29N3O3S. The number of carbonyl (C=O) groups excluding carboxylic acids is 1. The van der Waals surface area contributed by atoms with Crippen LogP contribution in [0.2, 0.25) is 0 Å². The van der Waals surface area contributed by atoms with Crippen LogP contribution in [0.1, 0.15) is 52.9 Å². The third-order valence-corrected chi connectivity index (χ3v) is 4.41. The van der Waals surface area contributed by atoms with Gasteiger partial charge in [-0.2, -0.15) is 0 Å². The van der Waals surface area contributed by atoms with E-state index in [1.54, 1.807) is 6.26 Å². The molecule has 2 atom stereocenters. The molecule has 0 aromatic rings. The van der Waals surface area contributed by atoms with Gasteiger partial charge in [-0.05, 0) is 26.2 Å². The van der Waals surface area contributed by atoms with Crippen LogP contribution in [-0.4, -0.2) is 39.2 Å². The Balaban J connectivity index is 5.05. The van der Waals surface area contributed by atoms with Crippen LogP contribution in [0.5, 0.6) is 0 Å². The SMILES string of the molecule is CCCC(CCC)(C(=O)NC(C)CCS(C)=O)C(N)=NO. The summed E-state index contributed by atoms with van der Waals surface area (Å²) in [5, 5.41) is 15.0. The number of carbonyl (C=O) groups is 1. The second-order valence-electron chi connectivity index (χ2n) is 5.51. The molecule has 0 rings (SSSR count). The maximum Gasteiger partial charge on any atom is 0.234 e. The Morgan fingerprint density at radius 3 is 2.29 bits per heavy atom. The van der Waals surface area contributed by atoms with E-state index < -0.39 is 16.2 Å². The van der Waals surface area contributed by atoms with Gasteiger partial charge in [-0.3, -0.25) is 9.00 Å². The lowest BCUT2D eigenvalue weighted by Crippen LogP contribution is -2.52. The molecule has 0 spiro atoms. The highest BCUT2D eigenvalue weighted by Crippen LogP contribution is 2.31. The number of amides is 1. The highest BCUT2D eigenvalue weighted by molar-refractivity contribution is 7.84. The lowest BCUT2D eigenvalue weighted by molar-refractivity contribution is -0.129. The summed E-state index contributed by atoms with van der Waals surface area (Å²) in [7, 11) is -0.879. The van der Waals surface area contributed by atoms with E-state index in [0.29, 0.717) is 25.0 Å². The number of nitrogens with two attached hydrogens (primary N) is 1. The third kappa shape index (κ3) is 6.03. The first-order chi connectivity index (χ1) is 9.83. The molecule has 0 aromatic carbocycles. The van der Waals surface area contributed by atoms with E-state index >= 15 is 0 Å².